The van der Waals surface area contributed by atoms with Gasteiger partial charge in [-0.3, -0.25) is 0 Å². The third-order valence-electron chi connectivity index (χ3n) is 8.15. The van der Waals surface area contributed by atoms with Crippen LogP contribution in [0.5, 0.6) is 0 Å². The maximum absolute atomic E-state index is 2.45. The van der Waals surface area contributed by atoms with Crippen LogP contribution >= 0.6 is 0 Å². The highest BCUT2D eigenvalue weighted by Crippen LogP contribution is 2.34. The van der Waals surface area contributed by atoms with Crippen molar-refractivity contribution in [1.82, 2.24) is 0 Å². The van der Waals surface area contributed by atoms with Crippen LogP contribution in [0.2, 0.25) is 0 Å². The second-order valence-corrected chi connectivity index (χ2v) is 10.1. The number of anilines is 2. The Kier molecular flexibility index (Phi) is 9.81. The summed E-state index contributed by atoms with van der Waals surface area (Å²) in [6, 6.07) is 22.8. The SMILES string of the molecule is CCN(CC)c1ccc(C(Cc2ccc(N(CC)CC)c3ccccc23)=C2C=CC(=[N+](CC)CC)C=C2)cc1. The lowest BCUT2D eigenvalue weighted by Crippen LogP contribution is -2.22. The molecule has 0 aliphatic heterocycles. The zero-order valence-electron chi connectivity index (χ0n) is 24.9. The first kappa shape index (κ1) is 28.4. The summed E-state index contributed by atoms with van der Waals surface area (Å²) in [5.74, 6) is 0. The van der Waals surface area contributed by atoms with Crippen LogP contribution in [-0.4, -0.2) is 49.6 Å². The molecule has 0 fully saturated rings. The second kappa shape index (κ2) is 13.5. The van der Waals surface area contributed by atoms with E-state index in [-0.39, 0.29) is 0 Å². The highest BCUT2D eigenvalue weighted by atomic mass is 15.1. The van der Waals surface area contributed by atoms with E-state index >= 15 is 0 Å². The van der Waals surface area contributed by atoms with Gasteiger partial charge in [-0.1, -0.05) is 42.5 Å². The molecule has 0 saturated carbocycles. The van der Waals surface area contributed by atoms with Crippen LogP contribution in [0.3, 0.4) is 0 Å². The van der Waals surface area contributed by atoms with Crippen LogP contribution < -0.4 is 9.80 Å². The normalized spacial score (nSPS) is 12.8. The molecular weight excluding hydrogens is 474 g/mol. The molecule has 0 aromatic heterocycles. The Morgan fingerprint density at radius 1 is 0.615 bits per heavy atom. The number of allylic oxidation sites excluding steroid dienone is 6. The first-order chi connectivity index (χ1) is 19.1. The topological polar surface area (TPSA) is 9.49 Å². The molecule has 0 heterocycles. The van der Waals surface area contributed by atoms with E-state index in [1.54, 1.807) is 0 Å². The standard InChI is InChI=1S/C36H46N3/c1-7-37(8-2)31-22-17-28(18-23-31)35(29-19-24-32(25-20-29)38(9-3)10-4)27-30-21-26-36(39(11-5)12-6)34-16-14-13-15-33(30)34/h13-26H,7-12,27H2,1-6H3/q+1. The number of fused-ring (bicyclic) bond motifs is 1. The van der Waals surface area contributed by atoms with Crippen molar-refractivity contribution in [1.29, 1.82) is 0 Å². The summed E-state index contributed by atoms with van der Waals surface area (Å²) in [5.41, 5.74) is 9.22. The molecule has 0 saturated heterocycles. The maximum Gasteiger partial charge on any atom is 0.199 e. The highest BCUT2D eigenvalue weighted by molar-refractivity contribution is 6.03. The minimum Gasteiger partial charge on any atom is -0.372 e. The smallest absolute Gasteiger partial charge is 0.199 e. The molecule has 0 atom stereocenters. The summed E-state index contributed by atoms with van der Waals surface area (Å²) >= 11 is 0. The number of rotatable bonds is 11. The zero-order valence-corrected chi connectivity index (χ0v) is 24.9. The quantitative estimate of drug-likeness (QED) is 0.236. The number of hydrogen-bond donors (Lipinski definition) is 0. The van der Waals surface area contributed by atoms with Gasteiger partial charge in [0.15, 0.2) is 5.71 Å². The van der Waals surface area contributed by atoms with Crippen molar-refractivity contribution in [2.75, 3.05) is 49.1 Å². The molecule has 1 aliphatic carbocycles. The van der Waals surface area contributed by atoms with Gasteiger partial charge in [0.25, 0.3) is 0 Å². The molecule has 0 amide bonds. The summed E-state index contributed by atoms with van der Waals surface area (Å²) < 4.78 is 2.40. The second-order valence-electron chi connectivity index (χ2n) is 10.1. The van der Waals surface area contributed by atoms with Crippen molar-refractivity contribution in [2.24, 2.45) is 0 Å². The van der Waals surface area contributed by atoms with Gasteiger partial charge in [0.1, 0.15) is 13.1 Å². The van der Waals surface area contributed by atoms with E-state index in [4.69, 9.17) is 0 Å². The molecule has 3 nitrogen and oxygen atoms in total. The van der Waals surface area contributed by atoms with Crippen molar-refractivity contribution < 1.29 is 4.58 Å². The molecule has 0 unspecified atom stereocenters. The minimum absolute atomic E-state index is 0.883. The van der Waals surface area contributed by atoms with Crippen molar-refractivity contribution >= 4 is 33.4 Å². The van der Waals surface area contributed by atoms with Gasteiger partial charge < -0.3 is 9.80 Å². The average molecular weight is 521 g/mol. The number of nitrogens with zero attached hydrogens (tertiary/aromatic N) is 3. The van der Waals surface area contributed by atoms with Crippen LogP contribution in [0.15, 0.2) is 90.5 Å². The molecular formula is C36H46N3+. The van der Waals surface area contributed by atoms with Crippen molar-refractivity contribution in [3.05, 3.63) is 102 Å². The molecule has 3 aromatic rings. The summed E-state index contributed by atoms with van der Waals surface area (Å²) in [5, 5.41) is 2.69. The molecule has 1 aliphatic rings. The minimum atomic E-state index is 0.883. The average Bonchev–Trinajstić information content (AvgIpc) is 2.99. The molecule has 39 heavy (non-hydrogen) atoms. The fourth-order valence-electron chi connectivity index (χ4n) is 5.83. The Labute approximate surface area is 236 Å². The van der Waals surface area contributed by atoms with E-state index in [2.05, 4.69) is 141 Å². The van der Waals surface area contributed by atoms with E-state index in [9.17, 15) is 0 Å². The van der Waals surface area contributed by atoms with Gasteiger partial charge in [-0.25, -0.2) is 4.58 Å². The molecule has 204 valence electrons. The van der Waals surface area contributed by atoms with Crippen LogP contribution in [0.25, 0.3) is 16.3 Å². The summed E-state index contributed by atoms with van der Waals surface area (Å²) in [6.07, 6.45) is 10.1. The third-order valence-corrected chi connectivity index (χ3v) is 8.15. The maximum atomic E-state index is 2.45. The molecule has 0 radical (unpaired) electrons. The van der Waals surface area contributed by atoms with E-state index in [1.165, 1.54) is 50.1 Å². The Hall–Kier alpha value is -3.59. The van der Waals surface area contributed by atoms with Gasteiger partial charge in [-0.05, 0) is 106 Å². The Bertz CT molecular complexity index is 1360. The monoisotopic (exact) mass is 520 g/mol. The van der Waals surface area contributed by atoms with Crippen molar-refractivity contribution in [2.45, 2.75) is 48.0 Å². The molecule has 0 bridgehead atoms. The van der Waals surface area contributed by atoms with Gasteiger partial charge >= 0.3 is 0 Å². The molecule has 3 heteroatoms. The summed E-state index contributed by atoms with van der Waals surface area (Å²) in [4.78, 5) is 4.86. The lowest BCUT2D eigenvalue weighted by molar-refractivity contribution is -0.519. The summed E-state index contributed by atoms with van der Waals surface area (Å²) in [6.45, 7) is 19.5. The highest BCUT2D eigenvalue weighted by Gasteiger charge is 2.16. The van der Waals surface area contributed by atoms with E-state index in [0.717, 1.165) is 45.7 Å². The van der Waals surface area contributed by atoms with Crippen LogP contribution in [0, 0.1) is 0 Å². The van der Waals surface area contributed by atoms with Crippen LogP contribution in [-0.2, 0) is 6.42 Å². The van der Waals surface area contributed by atoms with Gasteiger partial charge in [-0.2, -0.15) is 0 Å². The lowest BCUT2D eigenvalue weighted by atomic mass is 9.89. The largest absolute Gasteiger partial charge is 0.372 e. The fraction of sp³-hybridized carbons (Fsp3) is 0.361. The summed E-state index contributed by atoms with van der Waals surface area (Å²) in [7, 11) is 0. The molecule has 0 spiro atoms. The van der Waals surface area contributed by atoms with Gasteiger partial charge in [0, 0.05) is 55.1 Å². The van der Waals surface area contributed by atoms with E-state index < -0.39 is 0 Å². The fourth-order valence-corrected chi connectivity index (χ4v) is 5.83. The number of benzene rings is 3. The van der Waals surface area contributed by atoms with Crippen LogP contribution in [0.1, 0.15) is 52.7 Å². The lowest BCUT2D eigenvalue weighted by Gasteiger charge is -2.24. The number of hydrogen-bond acceptors (Lipinski definition) is 2. The molecule has 0 N–H and O–H groups in total. The van der Waals surface area contributed by atoms with Crippen molar-refractivity contribution in [3.63, 3.8) is 0 Å². The predicted octanol–water partition coefficient (Wildman–Crippen LogP) is 8.15. The van der Waals surface area contributed by atoms with E-state index in [0.29, 0.717) is 0 Å². The first-order valence-electron chi connectivity index (χ1n) is 14.9. The third kappa shape index (κ3) is 6.19. The van der Waals surface area contributed by atoms with E-state index in [1.807, 2.05) is 0 Å². The molecule has 4 rings (SSSR count). The zero-order chi connectivity index (χ0) is 27.8. The van der Waals surface area contributed by atoms with Gasteiger partial charge in [0.2, 0.25) is 0 Å². The van der Waals surface area contributed by atoms with Crippen molar-refractivity contribution in [3.8, 4) is 0 Å². The van der Waals surface area contributed by atoms with Gasteiger partial charge in [-0.15, -0.1) is 0 Å². The Balaban J connectivity index is 1.83. The molecule has 3 aromatic carbocycles. The predicted molar refractivity (Wildman–Crippen MR) is 173 cm³/mol. The first-order valence-corrected chi connectivity index (χ1v) is 14.9. The van der Waals surface area contributed by atoms with Crippen LogP contribution in [0.4, 0.5) is 11.4 Å². The Morgan fingerprint density at radius 3 is 1.77 bits per heavy atom. The Morgan fingerprint density at radius 2 is 1.21 bits per heavy atom. The van der Waals surface area contributed by atoms with Gasteiger partial charge in [0.05, 0.1) is 0 Å².